The summed E-state index contributed by atoms with van der Waals surface area (Å²) < 4.78 is 9.62. The zero-order valence-corrected chi connectivity index (χ0v) is 17.5. The maximum atomic E-state index is 12.5. The topological polar surface area (TPSA) is 180 Å². The number of ether oxygens (including phenoxy) is 2. The molecule has 2 rings (SSSR count). The van der Waals surface area contributed by atoms with Crippen molar-refractivity contribution < 1.29 is 39.2 Å². The molecular formula is C21H25N3O8. The van der Waals surface area contributed by atoms with Crippen molar-refractivity contribution in [2.45, 2.75) is 24.9 Å². The maximum Gasteiger partial charge on any atom is 0.412 e. The summed E-state index contributed by atoms with van der Waals surface area (Å²) in [6, 6.07) is 6.06. The molecule has 1 unspecified atom stereocenters. The molecule has 0 heterocycles. The summed E-state index contributed by atoms with van der Waals surface area (Å²) in [5.74, 6) is -2.41. The first-order valence-electron chi connectivity index (χ1n) is 9.50. The van der Waals surface area contributed by atoms with Gasteiger partial charge in [0.25, 0.3) is 0 Å². The number of phenols is 3. The van der Waals surface area contributed by atoms with Crippen LogP contribution in [0.1, 0.15) is 11.1 Å². The van der Waals surface area contributed by atoms with E-state index in [0.717, 1.165) is 0 Å². The average molecular weight is 447 g/mol. The monoisotopic (exact) mass is 447 g/mol. The van der Waals surface area contributed by atoms with Gasteiger partial charge in [0.1, 0.15) is 6.04 Å². The number of nitrogens with one attached hydrogen (secondary N) is 2. The van der Waals surface area contributed by atoms with E-state index in [4.69, 9.17) is 15.2 Å². The summed E-state index contributed by atoms with van der Waals surface area (Å²) in [6.07, 6.45) is -0.748. The van der Waals surface area contributed by atoms with Gasteiger partial charge in [0.05, 0.1) is 13.2 Å². The molecule has 0 radical (unpaired) electrons. The lowest BCUT2D eigenvalue weighted by Crippen LogP contribution is -2.50. The van der Waals surface area contributed by atoms with Gasteiger partial charge in [0, 0.05) is 13.5 Å². The number of nitrogens with two attached hydrogens (primary N) is 1. The predicted octanol–water partition coefficient (Wildman–Crippen LogP) is 0.292. The maximum absolute atomic E-state index is 12.5. The van der Waals surface area contributed by atoms with E-state index < -0.39 is 30.1 Å². The predicted molar refractivity (Wildman–Crippen MR) is 112 cm³/mol. The molecule has 0 saturated heterocycles. The lowest BCUT2D eigenvalue weighted by molar-refractivity contribution is -0.145. The van der Waals surface area contributed by atoms with E-state index in [1.54, 1.807) is 0 Å². The summed E-state index contributed by atoms with van der Waals surface area (Å²) in [7, 11) is 2.53. The fourth-order valence-electron chi connectivity index (χ4n) is 2.82. The van der Waals surface area contributed by atoms with Gasteiger partial charge in [-0.05, 0) is 41.8 Å². The molecule has 32 heavy (non-hydrogen) atoms. The van der Waals surface area contributed by atoms with Gasteiger partial charge in [-0.25, -0.2) is 9.59 Å². The minimum absolute atomic E-state index is 0.0288. The van der Waals surface area contributed by atoms with E-state index in [1.165, 1.54) is 50.6 Å². The Hall–Kier alpha value is -3.99. The van der Waals surface area contributed by atoms with Gasteiger partial charge >= 0.3 is 12.1 Å². The molecule has 7 N–H and O–H groups in total. The van der Waals surface area contributed by atoms with Crippen LogP contribution in [0, 0.1) is 0 Å². The van der Waals surface area contributed by atoms with Crippen molar-refractivity contribution in [1.29, 1.82) is 0 Å². The van der Waals surface area contributed by atoms with Gasteiger partial charge in [0.15, 0.2) is 23.0 Å². The molecular weight excluding hydrogens is 422 g/mol. The van der Waals surface area contributed by atoms with Crippen molar-refractivity contribution in [3.63, 3.8) is 0 Å². The molecule has 172 valence electrons. The van der Waals surface area contributed by atoms with E-state index in [1.807, 2.05) is 0 Å². The quantitative estimate of drug-likeness (QED) is 0.245. The van der Waals surface area contributed by atoms with Crippen molar-refractivity contribution in [3.8, 4) is 23.0 Å². The molecule has 0 saturated carbocycles. The number of carbonyl (C=O) groups excluding carboxylic acids is 3. The van der Waals surface area contributed by atoms with E-state index in [0.29, 0.717) is 11.1 Å². The number of phenolic OH excluding ortho intramolecular Hbond substituents is 3. The minimum atomic E-state index is -1.10. The molecule has 2 atom stereocenters. The first-order chi connectivity index (χ1) is 15.1. The van der Waals surface area contributed by atoms with Gasteiger partial charge in [-0.3, -0.25) is 4.79 Å². The Morgan fingerprint density at radius 1 is 0.969 bits per heavy atom. The summed E-state index contributed by atoms with van der Waals surface area (Å²) in [5, 5.41) is 33.7. The van der Waals surface area contributed by atoms with Crippen molar-refractivity contribution in [2.75, 3.05) is 14.2 Å². The number of carbonyl (C=O) groups is 3. The Bertz CT molecular complexity index is 995. The molecule has 0 aliphatic carbocycles. The molecule has 11 heteroatoms. The van der Waals surface area contributed by atoms with Crippen molar-refractivity contribution in [2.24, 2.45) is 5.73 Å². The van der Waals surface area contributed by atoms with Crippen LogP contribution in [-0.4, -0.2) is 59.5 Å². The number of methoxy groups -OCH3 is 1. The van der Waals surface area contributed by atoms with Crippen LogP contribution in [0.2, 0.25) is 0 Å². The lowest BCUT2D eigenvalue weighted by atomic mass is 10.0. The first kappa shape index (κ1) is 24.3. The highest BCUT2D eigenvalue weighted by molar-refractivity contribution is 5.87. The normalized spacial score (nSPS) is 12.3. The molecule has 0 fully saturated rings. The smallest absolute Gasteiger partial charge is 0.412 e. The molecule has 2 aromatic carbocycles. The SMILES string of the molecule is CNC(=O)Oc1ccc(CC(NC(=O)[C@@H](N)Cc2ccc(O)c(O)c2)C(=O)OC)cc1O. The fourth-order valence-corrected chi connectivity index (χ4v) is 2.82. The standard InChI is InChI=1S/C21H25N3O8/c1-23-21(30)32-18-6-4-12(10-17(18)27)8-14(20(29)31-2)24-19(28)13(22)7-11-3-5-15(25)16(26)9-11/h3-6,9-10,13-14,25-27H,7-8,22H2,1-2H3,(H,23,30)(H,24,28)/t13-,14?/m0/s1. The first-order valence-corrected chi connectivity index (χ1v) is 9.50. The van der Waals surface area contributed by atoms with Gasteiger partial charge in [-0.15, -0.1) is 0 Å². The summed E-state index contributed by atoms with van der Waals surface area (Å²) in [6.45, 7) is 0. The second-order valence-electron chi connectivity index (χ2n) is 6.86. The second-order valence-corrected chi connectivity index (χ2v) is 6.86. The van der Waals surface area contributed by atoms with Crippen LogP contribution in [0.5, 0.6) is 23.0 Å². The lowest BCUT2D eigenvalue weighted by Gasteiger charge is -2.20. The highest BCUT2D eigenvalue weighted by Gasteiger charge is 2.25. The van der Waals surface area contributed by atoms with Gasteiger partial charge in [0.2, 0.25) is 5.91 Å². The molecule has 0 spiro atoms. The number of benzene rings is 2. The van der Waals surface area contributed by atoms with Crippen LogP contribution in [0.4, 0.5) is 4.79 Å². The van der Waals surface area contributed by atoms with Crippen LogP contribution in [-0.2, 0) is 27.2 Å². The summed E-state index contributed by atoms with van der Waals surface area (Å²) in [5.41, 5.74) is 6.89. The Balaban J connectivity index is 2.08. The Morgan fingerprint density at radius 3 is 2.19 bits per heavy atom. The molecule has 0 aliphatic rings. The Kier molecular flexibility index (Phi) is 8.24. The van der Waals surface area contributed by atoms with Crippen LogP contribution in [0.3, 0.4) is 0 Å². The number of rotatable bonds is 8. The van der Waals surface area contributed by atoms with Crippen molar-refractivity contribution in [1.82, 2.24) is 10.6 Å². The molecule has 0 aromatic heterocycles. The minimum Gasteiger partial charge on any atom is -0.504 e. The molecule has 2 amide bonds. The van der Waals surface area contributed by atoms with Crippen LogP contribution < -0.4 is 21.1 Å². The van der Waals surface area contributed by atoms with Crippen LogP contribution in [0.15, 0.2) is 36.4 Å². The molecule has 2 aromatic rings. The number of amides is 2. The van der Waals surface area contributed by atoms with Crippen LogP contribution in [0.25, 0.3) is 0 Å². The summed E-state index contributed by atoms with van der Waals surface area (Å²) >= 11 is 0. The number of hydrogen-bond donors (Lipinski definition) is 6. The number of esters is 1. The molecule has 0 aliphatic heterocycles. The molecule has 0 bridgehead atoms. The van der Waals surface area contributed by atoms with E-state index >= 15 is 0 Å². The van der Waals surface area contributed by atoms with Gasteiger partial charge in [-0.1, -0.05) is 12.1 Å². The number of aromatic hydroxyl groups is 3. The van der Waals surface area contributed by atoms with Gasteiger partial charge < -0.3 is 41.2 Å². The van der Waals surface area contributed by atoms with E-state index in [-0.39, 0.29) is 35.8 Å². The highest BCUT2D eigenvalue weighted by atomic mass is 16.6. The van der Waals surface area contributed by atoms with Crippen molar-refractivity contribution in [3.05, 3.63) is 47.5 Å². The largest absolute Gasteiger partial charge is 0.504 e. The summed E-state index contributed by atoms with van der Waals surface area (Å²) in [4.78, 5) is 36.0. The Morgan fingerprint density at radius 2 is 1.59 bits per heavy atom. The molecule has 11 nitrogen and oxygen atoms in total. The highest BCUT2D eigenvalue weighted by Crippen LogP contribution is 2.28. The van der Waals surface area contributed by atoms with Gasteiger partial charge in [-0.2, -0.15) is 0 Å². The van der Waals surface area contributed by atoms with Crippen LogP contribution >= 0.6 is 0 Å². The number of hydrogen-bond acceptors (Lipinski definition) is 9. The third kappa shape index (κ3) is 6.51. The average Bonchev–Trinajstić information content (AvgIpc) is 2.76. The van der Waals surface area contributed by atoms with Crippen molar-refractivity contribution >= 4 is 18.0 Å². The third-order valence-electron chi connectivity index (χ3n) is 4.50. The fraction of sp³-hybridized carbons (Fsp3) is 0.286. The van der Waals surface area contributed by atoms with E-state index in [9.17, 15) is 29.7 Å². The zero-order valence-electron chi connectivity index (χ0n) is 17.5. The zero-order chi connectivity index (χ0) is 23.8. The second kappa shape index (κ2) is 10.9. The van der Waals surface area contributed by atoms with E-state index in [2.05, 4.69) is 10.6 Å². The Labute approximate surface area is 183 Å². The third-order valence-corrected chi connectivity index (χ3v) is 4.50.